The van der Waals surface area contributed by atoms with E-state index in [1.54, 1.807) is 0 Å². The number of rotatable bonds is 6. The molecule has 0 heterocycles. The van der Waals surface area contributed by atoms with Crippen LogP contribution in [0.25, 0.3) is 0 Å². The molecular formula is C17H13F5N2O5. The fourth-order valence-electron chi connectivity index (χ4n) is 2.12. The van der Waals surface area contributed by atoms with Crippen LogP contribution in [0.1, 0.15) is 12.5 Å². The van der Waals surface area contributed by atoms with E-state index in [1.807, 2.05) is 5.32 Å². The van der Waals surface area contributed by atoms with Crippen molar-refractivity contribution in [1.29, 1.82) is 0 Å². The topological polar surface area (TPSA) is 102 Å². The summed E-state index contributed by atoms with van der Waals surface area (Å²) in [5, 5.41) is 22.9. The summed E-state index contributed by atoms with van der Waals surface area (Å²) in [6, 6.07) is 4.24. The van der Waals surface area contributed by atoms with Gasteiger partial charge in [-0.2, -0.15) is 13.2 Å². The number of amides is 1. The van der Waals surface area contributed by atoms with Crippen molar-refractivity contribution in [3.63, 3.8) is 0 Å². The highest BCUT2D eigenvalue weighted by Crippen LogP contribution is 2.37. The third kappa shape index (κ3) is 5.38. The minimum atomic E-state index is -5.05. The molecule has 0 aliphatic rings. The summed E-state index contributed by atoms with van der Waals surface area (Å²) >= 11 is 0. The minimum Gasteiger partial charge on any atom is -0.490 e. The van der Waals surface area contributed by atoms with Gasteiger partial charge in [0, 0.05) is 17.8 Å². The van der Waals surface area contributed by atoms with E-state index in [9.17, 15) is 42.0 Å². The van der Waals surface area contributed by atoms with Gasteiger partial charge >= 0.3 is 6.18 Å². The van der Waals surface area contributed by atoms with Crippen LogP contribution in [0.4, 0.5) is 33.3 Å². The molecule has 7 nitrogen and oxygen atoms in total. The molecule has 0 fully saturated rings. The summed E-state index contributed by atoms with van der Waals surface area (Å²) in [7, 11) is 0. The van der Waals surface area contributed by atoms with Gasteiger partial charge in [0.05, 0.1) is 4.92 Å². The second-order valence-electron chi connectivity index (χ2n) is 6.08. The first kappa shape index (κ1) is 22.0. The molecule has 2 aromatic carbocycles. The Kier molecular flexibility index (Phi) is 6.07. The highest BCUT2D eigenvalue weighted by Gasteiger charge is 2.39. The monoisotopic (exact) mass is 420 g/mol. The number of hydrogen-bond donors (Lipinski definition) is 2. The number of carbonyl (C=O) groups excluding carboxylic acids is 1. The van der Waals surface area contributed by atoms with Crippen molar-refractivity contribution in [3.05, 3.63) is 63.7 Å². The fraction of sp³-hybridized carbons (Fsp3) is 0.235. The van der Waals surface area contributed by atoms with Gasteiger partial charge in [-0.25, -0.2) is 8.78 Å². The van der Waals surface area contributed by atoms with E-state index in [-0.39, 0.29) is 5.75 Å². The fourth-order valence-corrected chi connectivity index (χ4v) is 2.12. The number of ether oxygens (including phenoxy) is 1. The molecule has 2 rings (SSSR count). The van der Waals surface area contributed by atoms with Crippen LogP contribution in [0, 0.1) is 21.7 Å². The molecule has 12 heteroatoms. The van der Waals surface area contributed by atoms with Crippen molar-refractivity contribution < 1.29 is 41.5 Å². The van der Waals surface area contributed by atoms with Gasteiger partial charge in [-0.05, 0) is 31.2 Å². The molecule has 0 aromatic heterocycles. The highest BCUT2D eigenvalue weighted by molar-refractivity contribution is 5.97. The van der Waals surface area contributed by atoms with Gasteiger partial charge in [0.2, 0.25) is 0 Å². The predicted molar refractivity (Wildman–Crippen MR) is 89.2 cm³/mol. The van der Waals surface area contributed by atoms with Crippen LogP contribution in [0.2, 0.25) is 0 Å². The van der Waals surface area contributed by atoms with Crippen molar-refractivity contribution in [2.24, 2.45) is 0 Å². The SMILES string of the molecule is CC(O)(COc1ccc(F)c(F)c1)C(=O)Nc1ccc([N+](=O)[O-])c(C(F)(F)F)c1. The molecule has 1 atom stereocenters. The Morgan fingerprint density at radius 3 is 2.38 bits per heavy atom. The Balaban J connectivity index is 2.15. The van der Waals surface area contributed by atoms with Crippen LogP contribution < -0.4 is 10.1 Å². The Labute approximate surface area is 159 Å². The van der Waals surface area contributed by atoms with Crippen LogP contribution in [-0.2, 0) is 11.0 Å². The summed E-state index contributed by atoms with van der Waals surface area (Å²) in [4.78, 5) is 21.7. The van der Waals surface area contributed by atoms with E-state index in [0.29, 0.717) is 18.2 Å². The van der Waals surface area contributed by atoms with E-state index in [1.165, 1.54) is 0 Å². The van der Waals surface area contributed by atoms with Crippen LogP contribution in [0.15, 0.2) is 36.4 Å². The van der Waals surface area contributed by atoms with Gasteiger partial charge in [0.15, 0.2) is 17.2 Å². The number of benzene rings is 2. The maximum atomic E-state index is 13.1. The largest absolute Gasteiger partial charge is 0.490 e. The zero-order valence-electron chi connectivity index (χ0n) is 14.6. The second-order valence-corrected chi connectivity index (χ2v) is 6.08. The molecule has 0 aliphatic heterocycles. The lowest BCUT2D eigenvalue weighted by atomic mass is 10.1. The van der Waals surface area contributed by atoms with Crippen LogP contribution in [-0.4, -0.2) is 28.1 Å². The average molecular weight is 420 g/mol. The molecule has 29 heavy (non-hydrogen) atoms. The van der Waals surface area contributed by atoms with E-state index < -0.39 is 57.8 Å². The van der Waals surface area contributed by atoms with Crippen LogP contribution in [0.3, 0.4) is 0 Å². The Bertz CT molecular complexity index is 946. The summed E-state index contributed by atoms with van der Waals surface area (Å²) in [6.45, 7) is 0.224. The van der Waals surface area contributed by atoms with E-state index in [2.05, 4.69) is 0 Å². The minimum absolute atomic E-state index is 0.202. The van der Waals surface area contributed by atoms with E-state index in [4.69, 9.17) is 4.74 Å². The molecule has 0 bridgehead atoms. The molecule has 0 saturated carbocycles. The molecule has 2 N–H and O–H groups in total. The Morgan fingerprint density at radius 1 is 1.17 bits per heavy atom. The molecular weight excluding hydrogens is 407 g/mol. The molecule has 0 radical (unpaired) electrons. The number of alkyl halides is 3. The third-order valence-electron chi connectivity index (χ3n) is 3.66. The van der Waals surface area contributed by atoms with E-state index in [0.717, 1.165) is 25.1 Å². The summed E-state index contributed by atoms with van der Waals surface area (Å²) in [6.07, 6.45) is -5.05. The van der Waals surface area contributed by atoms with Gasteiger partial charge in [-0.3, -0.25) is 14.9 Å². The van der Waals surface area contributed by atoms with Crippen molar-refractivity contribution in [1.82, 2.24) is 0 Å². The number of anilines is 1. The maximum Gasteiger partial charge on any atom is 0.423 e. The number of nitro benzene ring substituents is 1. The number of nitrogens with zero attached hydrogens (tertiary/aromatic N) is 1. The molecule has 2 aromatic rings. The molecule has 156 valence electrons. The number of carbonyl (C=O) groups is 1. The lowest BCUT2D eigenvalue weighted by molar-refractivity contribution is -0.388. The van der Waals surface area contributed by atoms with Gasteiger partial charge in [-0.1, -0.05) is 0 Å². The van der Waals surface area contributed by atoms with Crippen LogP contribution >= 0.6 is 0 Å². The van der Waals surface area contributed by atoms with Crippen LogP contribution in [0.5, 0.6) is 5.75 Å². The van der Waals surface area contributed by atoms with Gasteiger partial charge < -0.3 is 15.2 Å². The lowest BCUT2D eigenvalue weighted by Gasteiger charge is -2.23. The summed E-state index contributed by atoms with van der Waals surface area (Å²) in [5.74, 6) is -3.76. The molecule has 0 aliphatic carbocycles. The maximum absolute atomic E-state index is 13.1. The quantitative estimate of drug-likeness (QED) is 0.422. The Hall–Kier alpha value is -3.28. The van der Waals surface area contributed by atoms with Crippen molar-refractivity contribution in [2.45, 2.75) is 18.7 Å². The van der Waals surface area contributed by atoms with Crippen molar-refractivity contribution >= 4 is 17.3 Å². The normalized spacial score (nSPS) is 13.5. The first-order valence-corrected chi connectivity index (χ1v) is 7.78. The average Bonchev–Trinajstić information content (AvgIpc) is 2.61. The number of nitro groups is 1. The number of aliphatic hydroxyl groups is 1. The van der Waals surface area contributed by atoms with Gasteiger partial charge in [-0.15, -0.1) is 0 Å². The van der Waals surface area contributed by atoms with Gasteiger partial charge in [0.1, 0.15) is 17.9 Å². The first-order valence-electron chi connectivity index (χ1n) is 7.78. The van der Waals surface area contributed by atoms with Crippen molar-refractivity contribution in [3.8, 4) is 5.75 Å². The molecule has 0 spiro atoms. The summed E-state index contributed by atoms with van der Waals surface area (Å²) < 4.78 is 70.0. The molecule has 1 unspecified atom stereocenters. The zero-order chi connectivity index (χ0) is 22.0. The van der Waals surface area contributed by atoms with E-state index >= 15 is 0 Å². The number of nitrogens with one attached hydrogen (secondary N) is 1. The second kappa shape index (κ2) is 7.99. The number of hydrogen-bond acceptors (Lipinski definition) is 5. The lowest BCUT2D eigenvalue weighted by Crippen LogP contribution is -2.45. The smallest absolute Gasteiger partial charge is 0.423 e. The molecule has 0 saturated heterocycles. The zero-order valence-corrected chi connectivity index (χ0v) is 14.6. The standard InChI is InChI=1S/C17H13F5N2O5/c1-16(26,8-29-10-3-4-12(18)13(19)7-10)15(25)23-9-2-5-14(24(27)28)11(6-9)17(20,21)22/h2-7,26H,8H2,1H3,(H,23,25). The van der Waals surface area contributed by atoms with Crippen molar-refractivity contribution in [2.75, 3.05) is 11.9 Å². The summed E-state index contributed by atoms with van der Waals surface area (Å²) in [5.41, 5.74) is -5.53. The first-order chi connectivity index (χ1) is 13.3. The van der Waals surface area contributed by atoms with Gasteiger partial charge in [0.25, 0.3) is 11.6 Å². The number of halogens is 5. The third-order valence-corrected chi connectivity index (χ3v) is 3.66. The predicted octanol–water partition coefficient (Wildman–Crippen LogP) is 3.66. The Morgan fingerprint density at radius 2 is 1.83 bits per heavy atom. The molecule has 1 amide bonds. The highest BCUT2D eigenvalue weighted by atomic mass is 19.4.